The van der Waals surface area contributed by atoms with E-state index in [2.05, 4.69) is 4.98 Å². The molecule has 0 saturated carbocycles. The second-order valence-corrected chi connectivity index (χ2v) is 3.66. The van der Waals surface area contributed by atoms with Crippen molar-refractivity contribution in [1.82, 2.24) is 9.88 Å². The third-order valence-electron chi connectivity index (χ3n) is 2.53. The van der Waals surface area contributed by atoms with Crippen LogP contribution in [0, 0.1) is 0 Å². The number of aliphatic hydroxyl groups excluding tert-OH is 1. The Morgan fingerprint density at radius 3 is 3.19 bits per heavy atom. The number of nitrogens with zero attached hydrogens (tertiary/aromatic N) is 2. The zero-order valence-corrected chi connectivity index (χ0v) is 8.87. The van der Waals surface area contributed by atoms with Crippen molar-refractivity contribution in [1.29, 1.82) is 0 Å². The fourth-order valence-corrected chi connectivity index (χ4v) is 1.69. The number of pyridine rings is 1. The zero-order chi connectivity index (χ0) is 11.4. The second-order valence-electron chi connectivity index (χ2n) is 3.66. The molecule has 1 fully saturated rings. The molecule has 0 bridgehead atoms. The number of hydrogen-bond donors (Lipinski definition) is 1. The summed E-state index contributed by atoms with van der Waals surface area (Å²) >= 11 is 0. The molecule has 1 aromatic rings. The average molecular weight is 222 g/mol. The molecule has 1 aliphatic heterocycles. The molecule has 1 amide bonds. The maximum absolute atomic E-state index is 11.8. The summed E-state index contributed by atoms with van der Waals surface area (Å²) in [5.74, 6) is -0.155. The van der Waals surface area contributed by atoms with E-state index in [1.165, 1.54) is 0 Å². The Morgan fingerprint density at radius 1 is 1.62 bits per heavy atom. The van der Waals surface area contributed by atoms with Gasteiger partial charge in [-0.05, 0) is 11.6 Å². The minimum Gasteiger partial charge on any atom is -0.393 e. The molecule has 86 valence electrons. The molecule has 0 aromatic carbocycles. The highest BCUT2D eigenvalue weighted by atomic mass is 16.5. The monoisotopic (exact) mass is 222 g/mol. The van der Waals surface area contributed by atoms with Gasteiger partial charge in [0.25, 0.3) is 5.91 Å². The molecule has 0 radical (unpaired) electrons. The van der Waals surface area contributed by atoms with E-state index in [-0.39, 0.29) is 12.5 Å². The SMILES string of the molecule is O=C1C(CO)OCCN1Cc1cccnc1. The van der Waals surface area contributed by atoms with Gasteiger partial charge in [-0.15, -0.1) is 0 Å². The van der Waals surface area contributed by atoms with Gasteiger partial charge in [0.15, 0.2) is 6.10 Å². The van der Waals surface area contributed by atoms with Gasteiger partial charge in [0, 0.05) is 25.5 Å². The highest BCUT2D eigenvalue weighted by Gasteiger charge is 2.28. The van der Waals surface area contributed by atoms with Crippen molar-refractivity contribution in [2.75, 3.05) is 19.8 Å². The van der Waals surface area contributed by atoms with Crippen molar-refractivity contribution in [2.24, 2.45) is 0 Å². The van der Waals surface area contributed by atoms with Crippen molar-refractivity contribution in [2.45, 2.75) is 12.6 Å². The number of hydrogen-bond acceptors (Lipinski definition) is 4. The number of ether oxygens (including phenoxy) is 1. The number of amides is 1. The molecule has 0 spiro atoms. The Labute approximate surface area is 93.7 Å². The Bertz CT molecular complexity index is 356. The molecular weight excluding hydrogens is 208 g/mol. The molecule has 1 aromatic heterocycles. The van der Waals surface area contributed by atoms with Crippen LogP contribution in [0.25, 0.3) is 0 Å². The lowest BCUT2D eigenvalue weighted by molar-refractivity contribution is -0.156. The molecule has 2 rings (SSSR count). The lowest BCUT2D eigenvalue weighted by atomic mass is 10.2. The van der Waals surface area contributed by atoms with E-state index in [1.54, 1.807) is 17.3 Å². The van der Waals surface area contributed by atoms with Gasteiger partial charge < -0.3 is 14.7 Å². The molecule has 16 heavy (non-hydrogen) atoms. The molecular formula is C11H14N2O3. The maximum atomic E-state index is 11.8. The van der Waals surface area contributed by atoms with E-state index < -0.39 is 6.10 Å². The van der Waals surface area contributed by atoms with E-state index in [0.29, 0.717) is 19.7 Å². The molecule has 5 heteroatoms. The Kier molecular flexibility index (Phi) is 3.48. The molecule has 5 nitrogen and oxygen atoms in total. The van der Waals surface area contributed by atoms with Crippen LogP contribution in [0.2, 0.25) is 0 Å². The highest BCUT2D eigenvalue weighted by molar-refractivity contribution is 5.81. The quantitative estimate of drug-likeness (QED) is 0.769. The summed E-state index contributed by atoms with van der Waals surface area (Å²) < 4.78 is 5.15. The van der Waals surface area contributed by atoms with Crippen LogP contribution >= 0.6 is 0 Å². The lowest BCUT2D eigenvalue weighted by Gasteiger charge is -2.31. The fourth-order valence-electron chi connectivity index (χ4n) is 1.69. The zero-order valence-electron chi connectivity index (χ0n) is 8.87. The van der Waals surface area contributed by atoms with Crippen LogP contribution in [0.15, 0.2) is 24.5 Å². The van der Waals surface area contributed by atoms with Gasteiger partial charge >= 0.3 is 0 Å². The Hall–Kier alpha value is -1.46. The first-order valence-corrected chi connectivity index (χ1v) is 5.21. The van der Waals surface area contributed by atoms with Crippen molar-refractivity contribution in [3.8, 4) is 0 Å². The molecule has 0 aliphatic carbocycles. The summed E-state index contributed by atoms with van der Waals surface area (Å²) in [6.07, 6.45) is 2.73. The van der Waals surface area contributed by atoms with Gasteiger partial charge in [0.05, 0.1) is 13.2 Å². The largest absolute Gasteiger partial charge is 0.393 e. The first-order valence-electron chi connectivity index (χ1n) is 5.21. The fraction of sp³-hybridized carbons (Fsp3) is 0.455. The molecule has 1 aliphatic rings. The molecule has 1 saturated heterocycles. The van der Waals surface area contributed by atoms with Crippen molar-refractivity contribution in [3.05, 3.63) is 30.1 Å². The third kappa shape index (κ3) is 2.37. The van der Waals surface area contributed by atoms with Crippen LogP contribution in [-0.2, 0) is 16.1 Å². The molecule has 1 unspecified atom stereocenters. The smallest absolute Gasteiger partial charge is 0.254 e. The minimum atomic E-state index is -0.703. The predicted octanol–water partition coefficient (Wildman–Crippen LogP) is -0.199. The normalized spacial score (nSPS) is 21.2. The van der Waals surface area contributed by atoms with Crippen LogP contribution in [0.1, 0.15) is 5.56 Å². The van der Waals surface area contributed by atoms with Gasteiger partial charge in [-0.25, -0.2) is 0 Å². The van der Waals surface area contributed by atoms with Crippen molar-refractivity contribution < 1.29 is 14.6 Å². The number of morpholine rings is 1. The van der Waals surface area contributed by atoms with Gasteiger partial charge in [-0.1, -0.05) is 6.07 Å². The summed E-state index contributed by atoms with van der Waals surface area (Å²) in [5, 5.41) is 8.96. The number of aromatic nitrogens is 1. The van der Waals surface area contributed by atoms with E-state index >= 15 is 0 Å². The Balaban J connectivity index is 2.02. The van der Waals surface area contributed by atoms with Crippen LogP contribution < -0.4 is 0 Å². The maximum Gasteiger partial charge on any atom is 0.254 e. The summed E-state index contributed by atoms with van der Waals surface area (Å²) in [6, 6.07) is 3.76. The van der Waals surface area contributed by atoms with Crippen LogP contribution in [0.3, 0.4) is 0 Å². The summed E-state index contributed by atoms with van der Waals surface area (Å²) in [6.45, 7) is 1.29. The average Bonchev–Trinajstić information content (AvgIpc) is 2.33. The minimum absolute atomic E-state index is 0.155. The van der Waals surface area contributed by atoms with E-state index in [4.69, 9.17) is 9.84 Å². The number of carbonyl (C=O) groups excluding carboxylic acids is 1. The van der Waals surface area contributed by atoms with Gasteiger partial charge in [-0.3, -0.25) is 9.78 Å². The first kappa shape index (κ1) is 11.0. The van der Waals surface area contributed by atoms with Crippen LogP contribution in [0.5, 0.6) is 0 Å². The Morgan fingerprint density at radius 2 is 2.50 bits per heavy atom. The van der Waals surface area contributed by atoms with Gasteiger partial charge in [-0.2, -0.15) is 0 Å². The summed E-state index contributed by atoms with van der Waals surface area (Å²) in [5.41, 5.74) is 0.981. The molecule has 1 N–H and O–H groups in total. The van der Waals surface area contributed by atoms with Crippen LogP contribution in [-0.4, -0.2) is 46.8 Å². The number of carbonyl (C=O) groups is 1. The standard InChI is InChI=1S/C11H14N2O3/c14-8-10-11(15)13(4-5-16-10)7-9-2-1-3-12-6-9/h1-3,6,10,14H,4-5,7-8H2. The van der Waals surface area contributed by atoms with E-state index in [1.807, 2.05) is 12.1 Å². The lowest BCUT2D eigenvalue weighted by Crippen LogP contribution is -2.48. The predicted molar refractivity (Wildman–Crippen MR) is 56.5 cm³/mol. The summed E-state index contributed by atoms with van der Waals surface area (Å²) in [7, 11) is 0. The molecule has 1 atom stereocenters. The number of aliphatic hydroxyl groups is 1. The van der Waals surface area contributed by atoms with Crippen LogP contribution in [0.4, 0.5) is 0 Å². The summed E-state index contributed by atoms with van der Waals surface area (Å²) in [4.78, 5) is 17.5. The van der Waals surface area contributed by atoms with Gasteiger partial charge in [0.1, 0.15) is 0 Å². The molecule has 2 heterocycles. The van der Waals surface area contributed by atoms with Gasteiger partial charge in [0.2, 0.25) is 0 Å². The topological polar surface area (TPSA) is 62.7 Å². The third-order valence-corrected chi connectivity index (χ3v) is 2.53. The highest BCUT2D eigenvalue weighted by Crippen LogP contribution is 2.10. The van der Waals surface area contributed by atoms with E-state index in [9.17, 15) is 4.79 Å². The second kappa shape index (κ2) is 5.05. The number of rotatable bonds is 3. The van der Waals surface area contributed by atoms with E-state index in [0.717, 1.165) is 5.56 Å². The van der Waals surface area contributed by atoms with Crippen molar-refractivity contribution >= 4 is 5.91 Å². The van der Waals surface area contributed by atoms with Crippen molar-refractivity contribution in [3.63, 3.8) is 0 Å². The first-order chi connectivity index (χ1) is 7.81.